The number of benzene rings is 1. The fourth-order valence-electron chi connectivity index (χ4n) is 2.12. The highest BCUT2D eigenvalue weighted by Crippen LogP contribution is 2.16. The SMILES string of the molecule is Cc1ccccc1C[C@H](C)NC(=O)CSc1nnc(N)n1C. The lowest BCUT2D eigenvalue weighted by Gasteiger charge is -2.15. The number of rotatable bonds is 6. The van der Waals surface area contributed by atoms with Gasteiger partial charge in [-0.1, -0.05) is 36.0 Å². The van der Waals surface area contributed by atoms with Crippen molar-refractivity contribution in [3.05, 3.63) is 35.4 Å². The molecule has 7 heteroatoms. The summed E-state index contributed by atoms with van der Waals surface area (Å²) in [5, 5.41) is 11.3. The van der Waals surface area contributed by atoms with E-state index in [1.54, 1.807) is 11.6 Å². The van der Waals surface area contributed by atoms with E-state index >= 15 is 0 Å². The third kappa shape index (κ3) is 4.24. The lowest BCUT2D eigenvalue weighted by Crippen LogP contribution is -2.35. The van der Waals surface area contributed by atoms with Crippen molar-refractivity contribution in [1.82, 2.24) is 20.1 Å². The number of thioether (sulfide) groups is 1. The summed E-state index contributed by atoms with van der Waals surface area (Å²) in [5.74, 6) is 0.618. The van der Waals surface area contributed by atoms with Crippen molar-refractivity contribution in [3.63, 3.8) is 0 Å². The predicted octanol–water partition coefficient (Wildman–Crippen LogP) is 1.55. The quantitative estimate of drug-likeness (QED) is 0.789. The number of hydrogen-bond donors (Lipinski definition) is 2. The third-order valence-corrected chi connectivity index (χ3v) is 4.42. The Bertz CT molecular complexity index is 655. The van der Waals surface area contributed by atoms with E-state index in [2.05, 4.69) is 34.6 Å². The first kappa shape index (κ1) is 16.4. The number of aromatic nitrogens is 3. The van der Waals surface area contributed by atoms with Gasteiger partial charge in [0.15, 0.2) is 5.16 Å². The zero-order valence-corrected chi connectivity index (χ0v) is 13.9. The first-order valence-corrected chi connectivity index (χ1v) is 8.07. The fraction of sp³-hybridized carbons (Fsp3) is 0.400. The topological polar surface area (TPSA) is 85.8 Å². The Morgan fingerprint density at radius 1 is 1.41 bits per heavy atom. The highest BCUT2D eigenvalue weighted by Gasteiger charge is 2.12. The Morgan fingerprint density at radius 3 is 2.77 bits per heavy atom. The maximum absolute atomic E-state index is 12.0. The Morgan fingerprint density at radius 2 is 2.14 bits per heavy atom. The van der Waals surface area contributed by atoms with E-state index < -0.39 is 0 Å². The Hall–Kier alpha value is -2.02. The van der Waals surface area contributed by atoms with E-state index in [-0.39, 0.29) is 11.9 Å². The van der Waals surface area contributed by atoms with Crippen LogP contribution in [-0.4, -0.2) is 32.5 Å². The predicted molar refractivity (Wildman–Crippen MR) is 88.6 cm³/mol. The molecule has 0 saturated carbocycles. The van der Waals surface area contributed by atoms with Crippen LogP contribution in [0.5, 0.6) is 0 Å². The van der Waals surface area contributed by atoms with Crippen LogP contribution in [-0.2, 0) is 18.3 Å². The van der Waals surface area contributed by atoms with Gasteiger partial charge in [0.25, 0.3) is 0 Å². The molecule has 2 rings (SSSR count). The van der Waals surface area contributed by atoms with Crippen molar-refractivity contribution in [3.8, 4) is 0 Å². The number of nitrogens with one attached hydrogen (secondary N) is 1. The van der Waals surface area contributed by atoms with Gasteiger partial charge in [0.05, 0.1) is 5.75 Å². The van der Waals surface area contributed by atoms with Gasteiger partial charge < -0.3 is 11.1 Å². The van der Waals surface area contributed by atoms with Crippen molar-refractivity contribution in [2.45, 2.75) is 31.5 Å². The van der Waals surface area contributed by atoms with E-state index in [1.807, 2.05) is 19.1 Å². The maximum Gasteiger partial charge on any atom is 0.230 e. The zero-order valence-electron chi connectivity index (χ0n) is 13.0. The molecular formula is C15H21N5OS. The summed E-state index contributed by atoms with van der Waals surface area (Å²) in [6.07, 6.45) is 0.819. The molecule has 6 nitrogen and oxygen atoms in total. The highest BCUT2D eigenvalue weighted by molar-refractivity contribution is 7.99. The summed E-state index contributed by atoms with van der Waals surface area (Å²) >= 11 is 1.32. The van der Waals surface area contributed by atoms with Crippen molar-refractivity contribution in [2.24, 2.45) is 7.05 Å². The van der Waals surface area contributed by atoms with Gasteiger partial charge in [-0.15, -0.1) is 10.2 Å². The Labute approximate surface area is 134 Å². The molecule has 0 aliphatic carbocycles. The molecule has 0 bridgehead atoms. The summed E-state index contributed by atoms with van der Waals surface area (Å²) in [7, 11) is 1.77. The van der Waals surface area contributed by atoms with Gasteiger partial charge in [0.2, 0.25) is 11.9 Å². The molecule has 0 aliphatic heterocycles. The standard InChI is InChI=1S/C15H21N5OS/c1-10-6-4-5-7-12(10)8-11(2)17-13(21)9-22-15-19-18-14(16)20(15)3/h4-7,11H,8-9H2,1-3H3,(H2,16,18)(H,17,21)/t11-/m0/s1. The fourth-order valence-corrected chi connectivity index (χ4v) is 2.85. The van der Waals surface area contributed by atoms with Gasteiger partial charge in [-0.05, 0) is 31.4 Å². The second-order valence-corrected chi connectivity index (χ2v) is 6.23. The van der Waals surface area contributed by atoms with Crippen LogP contribution in [0.3, 0.4) is 0 Å². The molecule has 1 amide bonds. The zero-order chi connectivity index (χ0) is 16.1. The van der Waals surface area contributed by atoms with Gasteiger partial charge >= 0.3 is 0 Å². The van der Waals surface area contributed by atoms with Gasteiger partial charge in [0.1, 0.15) is 0 Å². The molecule has 0 aliphatic rings. The second kappa shape index (κ2) is 7.31. The number of nitrogen functional groups attached to an aromatic ring is 1. The molecule has 1 heterocycles. The molecule has 0 unspecified atom stereocenters. The van der Waals surface area contributed by atoms with Crippen LogP contribution in [0.15, 0.2) is 29.4 Å². The van der Waals surface area contributed by atoms with E-state index in [4.69, 9.17) is 5.73 Å². The van der Waals surface area contributed by atoms with E-state index in [9.17, 15) is 4.79 Å². The molecule has 0 spiro atoms. The summed E-state index contributed by atoms with van der Waals surface area (Å²) in [6.45, 7) is 4.09. The summed E-state index contributed by atoms with van der Waals surface area (Å²) in [5.41, 5.74) is 8.10. The van der Waals surface area contributed by atoms with Crippen molar-refractivity contribution < 1.29 is 4.79 Å². The maximum atomic E-state index is 12.0. The Balaban J connectivity index is 1.81. The first-order valence-electron chi connectivity index (χ1n) is 7.09. The number of carbonyl (C=O) groups excluding carboxylic acids is 1. The molecule has 2 aromatic rings. The van der Waals surface area contributed by atoms with Crippen molar-refractivity contribution in [1.29, 1.82) is 0 Å². The van der Waals surface area contributed by atoms with E-state index in [0.29, 0.717) is 16.9 Å². The number of amides is 1. The molecule has 118 valence electrons. The third-order valence-electron chi connectivity index (χ3n) is 3.40. The number of aryl methyl sites for hydroxylation is 1. The van der Waals surface area contributed by atoms with Crippen LogP contribution in [0.2, 0.25) is 0 Å². The summed E-state index contributed by atoms with van der Waals surface area (Å²) in [4.78, 5) is 12.0. The van der Waals surface area contributed by atoms with Crippen LogP contribution in [0.1, 0.15) is 18.1 Å². The Kier molecular flexibility index (Phi) is 5.43. The van der Waals surface area contributed by atoms with Crippen molar-refractivity contribution in [2.75, 3.05) is 11.5 Å². The normalized spacial score (nSPS) is 12.1. The minimum Gasteiger partial charge on any atom is -0.368 e. The smallest absolute Gasteiger partial charge is 0.230 e. The summed E-state index contributed by atoms with van der Waals surface area (Å²) < 4.78 is 1.66. The summed E-state index contributed by atoms with van der Waals surface area (Å²) in [6, 6.07) is 8.29. The van der Waals surface area contributed by atoms with Crippen LogP contribution in [0.25, 0.3) is 0 Å². The monoisotopic (exact) mass is 319 g/mol. The highest BCUT2D eigenvalue weighted by atomic mass is 32.2. The molecule has 1 atom stereocenters. The average Bonchev–Trinajstić information content (AvgIpc) is 2.79. The number of nitrogens with zero attached hydrogens (tertiary/aromatic N) is 3. The number of hydrogen-bond acceptors (Lipinski definition) is 5. The van der Waals surface area contributed by atoms with Gasteiger partial charge in [-0.3, -0.25) is 9.36 Å². The van der Waals surface area contributed by atoms with Gasteiger partial charge in [-0.25, -0.2) is 0 Å². The molecule has 0 radical (unpaired) electrons. The van der Waals surface area contributed by atoms with Crippen LogP contribution >= 0.6 is 11.8 Å². The van der Waals surface area contributed by atoms with Crippen LogP contribution < -0.4 is 11.1 Å². The van der Waals surface area contributed by atoms with E-state index in [0.717, 1.165) is 6.42 Å². The first-order chi connectivity index (χ1) is 10.5. The van der Waals surface area contributed by atoms with Gasteiger partial charge in [0, 0.05) is 13.1 Å². The average molecular weight is 319 g/mol. The van der Waals surface area contributed by atoms with Crippen LogP contribution in [0, 0.1) is 6.92 Å². The lowest BCUT2D eigenvalue weighted by atomic mass is 10.0. The molecule has 1 aromatic carbocycles. The van der Waals surface area contributed by atoms with Crippen LogP contribution in [0.4, 0.5) is 5.95 Å². The number of carbonyl (C=O) groups is 1. The van der Waals surface area contributed by atoms with Gasteiger partial charge in [-0.2, -0.15) is 0 Å². The largest absolute Gasteiger partial charge is 0.368 e. The molecule has 22 heavy (non-hydrogen) atoms. The minimum absolute atomic E-state index is 0.0207. The molecular weight excluding hydrogens is 298 g/mol. The molecule has 0 fully saturated rings. The molecule has 1 aromatic heterocycles. The number of nitrogens with two attached hydrogens (primary N) is 1. The van der Waals surface area contributed by atoms with Crippen molar-refractivity contribution >= 4 is 23.6 Å². The molecule has 0 saturated heterocycles. The second-order valence-electron chi connectivity index (χ2n) is 5.29. The van der Waals surface area contributed by atoms with E-state index in [1.165, 1.54) is 22.9 Å². The minimum atomic E-state index is -0.0207. The lowest BCUT2D eigenvalue weighted by molar-refractivity contribution is -0.119. The molecule has 3 N–H and O–H groups in total. The number of anilines is 1.